The first-order valence-electron chi connectivity index (χ1n) is 12.4. The molecule has 4 aromatic rings. The minimum Gasteiger partial charge on any atom is -0.384 e. The van der Waals surface area contributed by atoms with E-state index in [0.717, 1.165) is 51.2 Å². The molecule has 178 valence electrons. The maximum atomic E-state index is 4.52. The van der Waals surface area contributed by atoms with Gasteiger partial charge >= 0.3 is 0 Å². The quantitative estimate of drug-likeness (QED) is 0.204. The molecule has 1 fully saturated rings. The Bertz CT molecular complexity index is 1290. The molecule has 0 saturated carbocycles. The summed E-state index contributed by atoms with van der Waals surface area (Å²) < 4.78 is 1.22. The van der Waals surface area contributed by atoms with Gasteiger partial charge in [-0.15, -0.1) is 0 Å². The van der Waals surface area contributed by atoms with Crippen LogP contribution in [0.2, 0.25) is 0 Å². The molecule has 0 bridgehead atoms. The lowest BCUT2D eigenvalue weighted by Crippen LogP contribution is -2.48. The Morgan fingerprint density at radius 1 is 0.886 bits per heavy atom. The van der Waals surface area contributed by atoms with Crippen molar-refractivity contribution in [1.29, 1.82) is 0 Å². The van der Waals surface area contributed by atoms with Crippen LogP contribution < -0.4 is 5.32 Å². The highest BCUT2D eigenvalue weighted by molar-refractivity contribution is 14.1. The third-order valence-corrected chi connectivity index (χ3v) is 8.94. The molecule has 0 radical (unpaired) electrons. The third-order valence-electron chi connectivity index (χ3n) is 7.09. The minimum absolute atomic E-state index is 0.371. The summed E-state index contributed by atoms with van der Waals surface area (Å²) in [5.74, 6) is 0. The van der Waals surface area contributed by atoms with Gasteiger partial charge in [-0.25, -0.2) is 0 Å². The third kappa shape index (κ3) is 4.94. The van der Waals surface area contributed by atoms with Crippen LogP contribution in [-0.4, -0.2) is 54.1 Å². The molecule has 1 aromatic heterocycles. The van der Waals surface area contributed by atoms with Crippen LogP contribution >= 0.6 is 34.4 Å². The Morgan fingerprint density at radius 3 is 2.34 bits per heavy atom. The van der Waals surface area contributed by atoms with E-state index in [1.165, 1.54) is 35.6 Å². The molecule has 0 amide bonds. The van der Waals surface area contributed by atoms with Gasteiger partial charge in [0.15, 0.2) is 0 Å². The molecule has 0 atom stereocenters. The van der Waals surface area contributed by atoms with Gasteiger partial charge in [-0.3, -0.25) is 9.88 Å². The number of benzene rings is 3. The highest BCUT2D eigenvalue weighted by Crippen LogP contribution is 2.47. The van der Waals surface area contributed by atoms with E-state index in [4.69, 9.17) is 0 Å². The first-order valence-corrected chi connectivity index (χ1v) is 14.3. The maximum absolute atomic E-state index is 4.52. The second kappa shape index (κ2) is 10.5. The van der Waals surface area contributed by atoms with Crippen molar-refractivity contribution in [2.45, 2.75) is 22.3 Å². The highest BCUT2D eigenvalue weighted by Gasteiger charge is 2.32. The summed E-state index contributed by atoms with van der Waals surface area (Å²) in [6.45, 7) is 6.59. The molecule has 3 aromatic carbocycles. The molecule has 0 aliphatic carbocycles. The molecule has 3 heterocycles. The fourth-order valence-corrected chi connectivity index (χ4v) is 6.92. The standard InChI is InChI=1S/C29H29IN4S/c30-21-10-11-22-25(12-14-32-26(22)20-21)31-13-5-15-33-16-18-34(19-17-33)29-23-6-1-3-8-27(23)35-28-9-4-2-7-24(28)29/h1-4,6-12,14,20,29H,5,13,15-19H2,(H,31,32). The fourth-order valence-electron chi connectivity index (χ4n) is 5.32. The molecule has 6 heteroatoms. The lowest BCUT2D eigenvalue weighted by Gasteiger charge is -2.42. The molecule has 0 unspecified atom stereocenters. The monoisotopic (exact) mass is 592 g/mol. The molecule has 6 rings (SSSR count). The average Bonchev–Trinajstić information content (AvgIpc) is 2.90. The molecule has 2 aliphatic rings. The van der Waals surface area contributed by atoms with Gasteiger partial charge in [-0.1, -0.05) is 48.2 Å². The first kappa shape index (κ1) is 23.3. The summed E-state index contributed by atoms with van der Waals surface area (Å²) in [5, 5.41) is 4.85. The van der Waals surface area contributed by atoms with Gasteiger partial charge in [-0.2, -0.15) is 0 Å². The molecule has 35 heavy (non-hydrogen) atoms. The number of nitrogens with zero attached hydrogens (tertiary/aromatic N) is 3. The van der Waals surface area contributed by atoms with E-state index in [1.54, 1.807) is 0 Å². The first-order chi connectivity index (χ1) is 17.3. The Labute approximate surface area is 225 Å². The molecule has 1 saturated heterocycles. The Morgan fingerprint density at radius 2 is 1.60 bits per heavy atom. The van der Waals surface area contributed by atoms with Crippen LogP contribution in [-0.2, 0) is 0 Å². The van der Waals surface area contributed by atoms with E-state index in [2.05, 4.69) is 115 Å². The Kier molecular flexibility index (Phi) is 6.96. The van der Waals surface area contributed by atoms with Gasteiger partial charge in [-0.05, 0) is 83.1 Å². The van der Waals surface area contributed by atoms with Crippen LogP contribution in [0, 0.1) is 3.57 Å². The molecule has 0 spiro atoms. The Balaban J connectivity index is 1.05. The van der Waals surface area contributed by atoms with E-state index < -0.39 is 0 Å². The number of nitrogens with one attached hydrogen (secondary N) is 1. The largest absolute Gasteiger partial charge is 0.384 e. The number of fused-ring (bicyclic) bond motifs is 3. The van der Waals surface area contributed by atoms with Crippen LogP contribution in [0.3, 0.4) is 0 Å². The van der Waals surface area contributed by atoms with Gasteiger partial charge in [0.2, 0.25) is 0 Å². The molecule has 2 aliphatic heterocycles. The van der Waals surface area contributed by atoms with Gasteiger partial charge in [0, 0.05) is 63.4 Å². The zero-order valence-corrected chi connectivity index (χ0v) is 22.6. The zero-order chi connectivity index (χ0) is 23.6. The topological polar surface area (TPSA) is 31.4 Å². The number of halogens is 1. The number of hydrogen-bond donors (Lipinski definition) is 1. The van der Waals surface area contributed by atoms with Gasteiger partial charge < -0.3 is 10.2 Å². The van der Waals surface area contributed by atoms with Crippen molar-refractivity contribution >= 4 is 50.9 Å². The van der Waals surface area contributed by atoms with E-state index >= 15 is 0 Å². The second-order valence-corrected chi connectivity index (χ2v) is 11.6. The number of hydrogen-bond acceptors (Lipinski definition) is 5. The van der Waals surface area contributed by atoms with Gasteiger partial charge in [0.1, 0.15) is 0 Å². The van der Waals surface area contributed by atoms with Crippen molar-refractivity contribution in [3.05, 3.63) is 93.7 Å². The number of rotatable bonds is 6. The van der Waals surface area contributed by atoms with Crippen molar-refractivity contribution in [2.24, 2.45) is 0 Å². The van der Waals surface area contributed by atoms with Crippen molar-refractivity contribution in [1.82, 2.24) is 14.8 Å². The summed E-state index contributed by atoms with van der Waals surface area (Å²) in [6, 6.07) is 26.8. The van der Waals surface area contributed by atoms with Gasteiger partial charge in [0.25, 0.3) is 0 Å². The summed E-state index contributed by atoms with van der Waals surface area (Å²) in [4.78, 5) is 12.6. The average molecular weight is 593 g/mol. The number of pyridine rings is 1. The minimum atomic E-state index is 0.371. The molecular weight excluding hydrogens is 563 g/mol. The molecule has 4 nitrogen and oxygen atoms in total. The molecular formula is C29H29IN4S. The fraction of sp³-hybridized carbons (Fsp3) is 0.276. The van der Waals surface area contributed by atoms with Crippen LogP contribution in [0.15, 0.2) is 88.8 Å². The van der Waals surface area contributed by atoms with E-state index in [9.17, 15) is 0 Å². The van der Waals surface area contributed by atoms with Crippen molar-refractivity contribution < 1.29 is 0 Å². The van der Waals surface area contributed by atoms with Crippen molar-refractivity contribution in [3.8, 4) is 0 Å². The summed E-state index contributed by atoms with van der Waals surface area (Å²) >= 11 is 4.26. The molecule has 1 N–H and O–H groups in total. The SMILES string of the molecule is Ic1ccc2c(NCCCN3CCN(C4c5ccccc5Sc5ccccc54)CC3)ccnc2c1. The number of piperazine rings is 1. The van der Waals surface area contributed by atoms with Crippen molar-refractivity contribution in [2.75, 3.05) is 44.6 Å². The summed E-state index contributed by atoms with van der Waals surface area (Å²) in [5.41, 5.74) is 5.17. The number of aromatic nitrogens is 1. The van der Waals surface area contributed by atoms with Crippen LogP contribution in [0.4, 0.5) is 5.69 Å². The van der Waals surface area contributed by atoms with Crippen LogP contribution in [0.1, 0.15) is 23.6 Å². The van der Waals surface area contributed by atoms with Crippen molar-refractivity contribution in [3.63, 3.8) is 0 Å². The lowest BCUT2D eigenvalue weighted by atomic mass is 9.95. The number of anilines is 1. The second-order valence-electron chi connectivity index (χ2n) is 9.26. The highest BCUT2D eigenvalue weighted by atomic mass is 127. The summed E-state index contributed by atoms with van der Waals surface area (Å²) in [7, 11) is 0. The van der Waals surface area contributed by atoms with Crippen LogP contribution in [0.25, 0.3) is 10.9 Å². The van der Waals surface area contributed by atoms with E-state index in [1.807, 2.05) is 18.0 Å². The normalized spacial score (nSPS) is 16.7. The zero-order valence-electron chi connectivity index (χ0n) is 19.7. The van der Waals surface area contributed by atoms with E-state index in [-0.39, 0.29) is 0 Å². The van der Waals surface area contributed by atoms with Gasteiger partial charge in [0.05, 0.1) is 11.6 Å². The van der Waals surface area contributed by atoms with Crippen LogP contribution in [0.5, 0.6) is 0 Å². The smallest absolute Gasteiger partial charge is 0.0733 e. The lowest BCUT2D eigenvalue weighted by molar-refractivity contribution is 0.107. The predicted octanol–water partition coefficient (Wildman–Crippen LogP) is 6.51. The predicted molar refractivity (Wildman–Crippen MR) is 154 cm³/mol. The Hall–Kier alpha value is -2.13. The van der Waals surface area contributed by atoms with E-state index in [0.29, 0.717) is 6.04 Å². The maximum Gasteiger partial charge on any atom is 0.0733 e. The summed E-state index contributed by atoms with van der Waals surface area (Å²) in [6.07, 6.45) is 3.04.